The minimum Gasteiger partial charge on any atom is -0.371 e. The number of ketones is 1. The van der Waals surface area contributed by atoms with Crippen LogP contribution in [-0.2, 0) is 9.53 Å². The molecule has 0 aromatic rings. The summed E-state index contributed by atoms with van der Waals surface area (Å²) in [7, 11) is 1.61. The average Bonchev–Trinajstić information content (AvgIpc) is 2.93. The van der Waals surface area contributed by atoms with Gasteiger partial charge in [-0.05, 0) is 117 Å². The highest BCUT2D eigenvalue weighted by Gasteiger charge is 2.25. The first-order valence-electron chi connectivity index (χ1n) is 18.3. The summed E-state index contributed by atoms with van der Waals surface area (Å²) in [6.45, 7) is 22.4. The van der Waals surface area contributed by atoms with Crippen LogP contribution in [0.1, 0.15) is 185 Å². The van der Waals surface area contributed by atoms with Crippen molar-refractivity contribution in [2.24, 2.45) is 23.7 Å². The summed E-state index contributed by atoms with van der Waals surface area (Å²) in [6.07, 6.45) is 30.0. The van der Waals surface area contributed by atoms with Crippen LogP contribution in [0.5, 0.6) is 0 Å². The standard InChI is InChI=1S/C41H76O2/c1-33(2)19-14-22-36(5)25-17-28-37(6)26-15-23-34(3)20-12-13-21-35(4)24-16-27-38(7)29-18-30-39(8)31-32-40(42)41(9,10)43-11/h19,24,31,34,36-38H,12-18,20-23,25-30,32H2,1-11H3/b35-24+,39-31+/t34?,36-,37+,38?/m1/s1. The molecule has 0 fully saturated rings. The van der Waals surface area contributed by atoms with Crippen molar-refractivity contribution >= 4 is 5.78 Å². The lowest BCUT2D eigenvalue weighted by Gasteiger charge is -2.20. The maximum atomic E-state index is 12.2. The molecule has 0 saturated heterocycles. The Morgan fingerprint density at radius 2 is 1.00 bits per heavy atom. The molecule has 0 bridgehead atoms. The first-order chi connectivity index (χ1) is 20.3. The molecule has 0 spiro atoms. The average molecular weight is 601 g/mol. The number of methoxy groups -OCH3 is 1. The van der Waals surface area contributed by atoms with Gasteiger partial charge in [-0.3, -0.25) is 4.79 Å². The maximum absolute atomic E-state index is 12.2. The molecule has 0 rings (SSSR count). The number of allylic oxidation sites excluding steroid dienone is 6. The Labute approximate surface area is 271 Å². The highest BCUT2D eigenvalue weighted by Crippen LogP contribution is 2.24. The molecule has 4 atom stereocenters. The van der Waals surface area contributed by atoms with E-state index in [4.69, 9.17) is 4.74 Å². The predicted octanol–water partition coefficient (Wildman–Crippen LogP) is 13.4. The van der Waals surface area contributed by atoms with Gasteiger partial charge in [-0.25, -0.2) is 0 Å². The van der Waals surface area contributed by atoms with Crippen LogP contribution in [0.2, 0.25) is 0 Å². The van der Waals surface area contributed by atoms with Crippen molar-refractivity contribution in [3.05, 3.63) is 34.9 Å². The molecule has 0 aliphatic rings. The van der Waals surface area contributed by atoms with Crippen molar-refractivity contribution in [3.8, 4) is 0 Å². The molecule has 0 aliphatic carbocycles. The third-order valence-electron chi connectivity index (χ3n) is 9.76. The Morgan fingerprint density at radius 3 is 1.51 bits per heavy atom. The minimum atomic E-state index is -0.683. The number of ether oxygens (including phenoxy) is 1. The zero-order valence-electron chi connectivity index (χ0n) is 31.1. The van der Waals surface area contributed by atoms with Crippen LogP contribution in [0.3, 0.4) is 0 Å². The van der Waals surface area contributed by atoms with Gasteiger partial charge in [0.05, 0.1) is 0 Å². The summed E-state index contributed by atoms with van der Waals surface area (Å²) in [5.41, 5.74) is 3.69. The normalized spacial score (nSPS) is 15.7. The van der Waals surface area contributed by atoms with Crippen molar-refractivity contribution in [2.45, 2.75) is 190 Å². The number of rotatable bonds is 27. The van der Waals surface area contributed by atoms with Gasteiger partial charge in [0.2, 0.25) is 0 Å². The third kappa shape index (κ3) is 24.8. The zero-order chi connectivity index (χ0) is 32.7. The summed E-state index contributed by atoms with van der Waals surface area (Å²) in [5, 5.41) is 0. The molecule has 2 unspecified atom stereocenters. The highest BCUT2D eigenvalue weighted by molar-refractivity contribution is 5.87. The lowest BCUT2D eigenvalue weighted by Crippen LogP contribution is -2.33. The Morgan fingerprint density at radius 1 is 0.581 bits per heavy atom. The van der Waals surface area contributed by atoms with E-state index in [2.05, 4.69) is 73.6 Å². The van der Waals surface area contributed by atoms with E-state index in [0.29, 0.717) is 6.42 Å². The van der Waals surface area contributed by atoms with E-state index in [1.807, 2.05) is 13.8 Å². The molecule has 252 valence electrons. The molecule has 0 heterocycles. The maximum Gasteiger partial charge on any atom is 0.167 e. The summed E-state index contributed by atoms with van der Waals surface area (Å²) >= 11 is 0. The van der Waals surface area contributed by atoms with Crippen LogP contribution in [-0.4, -0.2) is 18.5 Å². The van der Waals surface area contributed by atoms with E-state index < -0.39 is 5.60 Å². The molecule has 0 amide bonds. The molecule has 2 nitrogen and oxygen atoms in total. The topological polar surface area (TPSA) is 26.3 Å². The molecule has 0 aliphatic heterocycles. The molecule has 2 heteroatoms. The first-order valence-corrected chi connectivity index (χ1v) is 18.3. The molecule has 0 aromatic heterocycles. The number of hydrogen-bond donors (Lipinski definition) is 0. The van der Waals surface area contributed by atoms with Crippen molar-refractivity contribution in [1.82, 2.24) is 0 Å². The fraction of sp³-hybridized carbons (Fsp3) is 0.829. The van der Waals surface area contributed by atoms with Crippen LogP contribution in [0.15, 0.2) is 34.9 Å². The van der Waals surface area contributed by atoms with Crippen molar-refractivity contribution in [2.75, 3.05) is 7.11 Å². The van der Waals surface area contributed by atoms with Crippen LogP contribution in [0, 0.1) is 23.7 Å². The highest BCUT2D eigenvalue weighted by atomic mass is 16.5. The molecular formula is C41H76O2. The van der Waals surface area contributed by atoms with Gasteiger partial charge in [-0.2, -0.15) is 0 Å². The minimum absolute atomic E-state index is 0.150. The van der Waals surface area contributed by atoms with E-state index >= 15 is 0 Å². The van der Waals surface area contributed by atoms with Gasteiger partial charge >= 0.3 is 0 Å². The number of unbranched alkanes of at least 4 members (excludes halogenated alkanes) is 1. The summed E-state index contributed by atoms with van der Waals surface area (Å²) < 4.78 is 5.29. The van der Waals surface area contributed by atoms with E-state index in [1.54, 1.807) is 12.7 Å². The van der Waals surface area contributed by atoms with E-state index in [9.17, 15) is 4.79 Å². The Hall–Kier alpha value is -1.15. The first kappa shape index (κ1) is 41.9. The Kier molecular flexibility index (Phi) is 24.4. The third-order valence-corrected chi connectivity index (χ3v) is 9.76. The SMILES string of the molecule is COC(C)(C)C(=O)C/C=C(\C)CCCC(C)CC/C=C(\C)CCCCC(C)CCC[C@H](C)CCC[C@H](C)CCC=C(C)C. The van der Waals surface area contributed by atoms with Gasteiger partial charge in [0.1, 0.15) is 5.60 Å². The van der Waals surface area contributed by atoms with Gasteiger partial charge < -0.3 is 4.74 Å². The van der Waals surface area contributed by atoms with Crippen molar-refractivity contribution in [3.63, 3.8) is 0 Å². The Bertz CT molecular complexity index is 795. The van der Waals surface area contributed by atoms with Gasteiger partial charge in [0.25, 0.3) is 0 Å². The molecule has 0 aromatic carbocycles. The Balaban J connectivity index is 3.88. The smallest absolute Gasteiger partial charge is 0.167 e. The number of hydrogen-bond acceptors (Lipinski definition) is 2. The largest absolute Gasteiger partial charge is 0.371 e. The summed E-state index contributed by atoms with van der Waals surface area (Å²) in [6, 6.07) is 0. The van der Waals surface area contributed by atoms with Crippen LogP contribution in [0.4, 0.5) is 0 Å². The summed E-state index contributed by atoms with van der Waals surface area (Å²) in [5.74, 6) is 3.55. The quantitative estimate of drug-likeness (QED) is 0.0692. The molecule has 0 N–H and O–H groups in total. The zero-order valence-corrected chi connectivity index (χ0v) is 31.1. The lowest BCUT2D eigenvalue weighted by atomic mass is 9.90. The van der Waals surface area contributed by atoms with E-state index in [0.717, 1.165) is 30.1 Å². The fourth-order valence-electron chi connectivity index (χ4n) is 5.93. The number of Topliss-reactive ketones (excluding diaryl/α,β-unsaturated/α-hetero) is 1. The van der Waals surface area contributed by atoms with Crippen LogP contribution in [0.25, 0.3) is 0 Å². The predicted molar refractivity (Wildman–Crippen MR) is 193 cm³/mol. The molecular weight excluding hydrogens is 524 g/mol. The monoisotopic (exact) mass is 601 g/mol. The summed E-state index contributed by atoms with van der Waals surface area (Å²) in [4.78, 5) is 12.2. The second-order valence-electron chi connectivity index (χ2n) is 15.3. The van der Waals surface area contributed by atoms with Gasteiger partial charge in [0, 0.05) is 13.5 Å². The number of carbonyl (C=O) groups is 1. The second-order valence-corrected chi connectivity index (χ2v) is 15.3. The lowest BCUT2D eigenvalue weighted by molar-refractivity contribution is -0.136. The van der Waals surface area contributed by atoms with Gasteiger partial charge in [0.15, 0.2) is 5.78 Å². The van der Waals surface area contributed by atoms with Crippen LogP contribution < -0.4 is 0 Å². The van der Waals surface area contributed by atoms with E-state index in [1.165, 1.54) is 114 Å². The van der Waals surface area contributed by atoms with E-state index in [-0.39, 0.29) is 5.78 Å². The van der Waals surface area contributed by atoms with Crippen molar-refractivity contribution < 1.29 is 9.53 Å². The number of carbonyl (C=O) groups excluding carboxylic acids is 1. The van der Waals surface area contributed by atoms with Crippen molar-refractivity contribution in [1.29, 1.82) is 0 Å². The van der Waals surface area contributed by atoms with Crippen LogP contribution >= 0.6 is 0 Å². The molecule has 43 heavy (non-hydrogen) atoms. The second kappa shape index (κ2) is 25.1. The van der Waals surface area contributed by atoms with Gasteiger partial charge in [-0.15, -0.1) is 0 Å². The fourth-order valence-corrected chi connectivity index (χ4v) is 5.93. The molecule has 0 radical (unpaired) electrons. The molecule has 0 saturated carbocycles. The van der Waals surface area contributed by atoms with Gasteiger partial charge in [-0.1, -0.05) is 120 Å².